The minimum Gasteiger partial charge on any atom is -0.196 e. The molecule has 0 saturated heterocycles. The van der Waals surface area contributed by atoms with E-state index in [2.05, 4.69) is 69.2 Å². The van der Waals surface area contributed by atoms with Gasteiger partial charge < -0.3 is 0 Å². The van der Waals surface area contributed by atoms with Gasteiger partial charge in [0.15, 0.2) is 0 Å². The molecule has 0 fully saturated rings. The van der Waals surface area contributed by atoms with Crippen molar-refractivity contribution in [2.45, 2.75) is 69.2 Å². The molecule has 21 heavy (non-hydrogen) atoms. The first kappa shape index (κ1) is 21.3. The van der Waals surface area contributed by atoms with Gasteiger partial charge in [-0.1, -0.05) is 69.2 Å². The van der Waals surface area contributed by atoms with E-state index in [1.165, 1.54) is 55.6 Å². The van der Waals surface area contributed by atoms with Gasteiger partial charge in [0.2, 0.25) is 0 Å². The Kier molecular flexibility index (Phi) is 8.32. The second-order valence-corrected chi connectivity index (χ2v) is 6.25. The smallest absolute Gasteiger partial charge is 0.196 e. The summed E-state index contributed by atoms with van der Waals surface area (Å²) in [5.74, 6) is 0. The van der Waals surface area contributed by atoms with Gasteiger partial charge in [-0.15, -0.1) is 0 Å². The van der Waals surface area contributed by atoms with Crippen LogP contribution in [0.5, 0.6) is 0 Å². The zero-order chi connectivity index (χ0) is 15.8. The van der Waals surface area contributed by atoms with Gasteiger partial charge in [-0.25, -0.2) is 0 Å². The molecule has 0 aliphatic heterocycles. The Morgan fingerprint density at radius 1 is 0.429 bits per heavy atom. The molecule has 0 atom stereocenters. The molecule has 0 aromatic heterocycles. The molecule has 2 aromatic carbocycles. The van der Waals surface area contributed by atoms with Crippen molar-refractivity contribution in [3.8, 4) is 0 Å². The minimum atomic E-state index is 0. The van der Waals surface area contributed by atoms with Crippen molar-refractivity contribution < 1.29 is 0 Å². The standard InChI is InChI=1S/2C10H15.Ba/c2*1-6-7(2)9(4)10(5)8(6)3;/h2*1-5H3;/q2*-1;+2. The van der Waals surface area contributed by atoms with Gasteiger partial charge in [-0.2, -0.15) is 55.6 Å². The third-order valence-corrected chi connectivity index (χ3v) is 5.62. The van der Waals surface area contributed by atoms with Gasteiger partial charge in [-0.05, 0) is 0 Å². The Morgan fingerprint density at radius 2 is 0.571 bits per heavy atom. The van der Waals surface area contributed by atoms with Crippen LogP contribution in [0.25, 0.3) is 0 Å². The van der Waals surface area contributed by atoms with Gasteiger partial charge in [0, 0.05) is 0 Å². The van der Waals surface area contributed by atoms with Crippen LogP contribution in [0, 0.1) is 69.2 Å². The summed E-state index contributed by atoms with van der Waals surface area (Å²) >= 11 is 0. The molecule has 0 bridgehead atoms. The SMILES string of the molecule is Cc1c(C)c(C)[c-](C)c1C.Cc1c(C)c(C)[c-](C)c1C.[Ba+2]. The molecule has 0 spiro atoms. The number of hydrogen-bond donors (Lipinski definition) is 0. The Bertz CT molecular complexity index is 404. The van der Waals surface area contributed by atoms with Crippen LogP contribution >= 0.6 is 0 Å². The fraction of sp³-hybridized carbons (Fsp3) is 0.500. The maximum absolute atomic E-state index is 2.20. The van der Waals surface area contributed by atoms with Crippen LogP contribution < -0.4 is 0 Å². The minimum absolute atomic E-state index is 0. The molecule has 1 heteroatoms. The molecule has 0 amide bonds. The van der Waals surface area contributed by atoms with Gasteiger partial charge in [-0.3, -0.25) is 0 Å². The average molecular weight is 408 g/mol. The monoisotopic (exact) mass is 408 g/mol. The molecule has 0 aliphatic rings. The van der Waals surface area contributed by atoms with E-state index in [-0.39, 0.29) is 48.9 Å². The topological polar surface area (TPSA) is 0 Å². The van der Waals surface area contributed by atoms with Crippen molar-refractivity contribution in [3.63, 3.8) is 0 Å². The fourth-order valence-corrected chi connectivity index (χ4v) is 2.81. The van der Waals surface area contributed by atoms with Crippen LogP contribution in [0.2, 0.25) is 0 Å². The molecule has 0 aliphatic carbocycles. The molecule has 112 valence electrons. The average Bonchev–Trinajstić information content (AvgIpc) is 2.71. The molecule has 0 heterocycles. The fourth-order valence-electron chi connectivity index (χ4n) is 2.81. The van der Waals surface area contributed by atoms with Crippen LogP contribution in [-0.4, -0.2) is 48.9 Å². The van der Waals surface area contributed by atoms with Crippen LogP contribution in [0.3, 0.4) is 0 Å². The van der Waals surface area contributed by atoms with Crippen molar-refractivity contribution in [1.29, 1.82) is 0 Å². The van der Waals surface area contributed by atoms with Crippen LogP contribution in [-0.2, 0) is 0 Å². The predicted octanol–water partition coefficient (Wildman–Crippen LogP) is 5.51. The summed E-state index contributed by atoms with van der Waals surface area (Å²) < 4.78 is 0. The summed E-state index contributed by atoms with van der Waals surface area (Å²) in [6.07, 6.45) is 0. The maximum atomic E-state index is 2.20. The van der Waals surface area contributed by atoms with E-state index < -0.39 is 0 Å². The van der Waals surface area contributed by atoms with E-state index in [4.69, 9.17) is 0 Å². The zero-order valence-electron chi connectivity index (χ0n) is 15.7. The van der Waals surface area contributed by atoms with Gasteiger partial charge >= 0.3 is 48.9 Å². The molecule has 0 unspecified atom stereocenters. The molecule has 0 nitrogen and oxygen atoms in total. The van der Waals surface area contributed by atoms with Gasteiger partial charge in [0.1, 0.15) is 0 Å². The summed E-state index contributed by atoms with van der Waals surface area (Å²) in [6.45, 7) is 22.0. The first-order valence-corrected chi connectivity index (χ1v) is 7.50. The van der Waals surface area contributed by atoms with Gasteiger partial charge in [0.05, 0.1) is 0 Å². The largest absolute Gasteiger partial charge is 2.00 e. The third-order valence-electron chi connectivity index (χ3n) is 5.62. The first-order chi connectivity index (χ1) is 9.11. The quantitative estimate of drug-likeness (QED) is 0.399. The Balaban J connectivity index is 0.000000364. The molecule has 2 rings (SSSR count). The Hall–Kier alpha value is 0.271. The molecule has 2 aromatic rings. The van der Waals surface area contributed by atoms with Crippen LogP contribution in [0.15, 0.2) is 0 Å². The van der Waals surface area contributed by atoms with Crippen molar-refractivity contribution in [2.24, 2.45) is 0 Å². The number of hydrogen-bond acceptors (Lipinski definition) is 0. The number of rotatable bonds is 0. The maximum Gasteiger partial charge on any atom is 2.00 e. The normalized spacial score (nSPS) is 10.0. The summed E-state index contributed by atoms with van der Waals surface area (Å²) in [6, 6.07) is 0. The van der Waals surface area contributed by atoms with E-state index >= 15 is 0 Å². The molecule has 0 radical (unpaired) electrons. The predicted molar refractivity (Wildman–Crippen MR) is 97.2 cm³/mol. The van der Waals surface area contributed by atoms with E-state index in [9.17, 15) is 0 Å². The second kappa shape index (κ2) is 8.22. The summed E-state index contributed by atoms with van der Waals surface area (Å²) in [5.41, 5.74) is 14.7. The van der Waals surface area contributed by atoms with Crippen molar-refractivity contribution >= 4 is 48.9 Å². The zero-order valence-corrected chi connectivity index (χ0v) is 20.1. The van der Waals surface area contributed by atoms with Gasteiger partial charge in [0.25, 0.3) is 0 Å². The van der Waals surface area contributed by atoms with E-state index in [0.29, 0.717) is 0 Å². The van der Waals surface area contributed by atoms with Crippen molar-refractivity contribution in [3.05, 3.63) is 55.6 Å². The second-order valence-electron chi connectivity index (χ2n) is 6.25. The van der Waals surface area contributed by atoms with Crippen LogP contribution in [0.4, 0.5) is 0 Å². The summed E-state index contributed by atoms with van der Waals surface area (Å²) in [5, 5.41) is 0. The van der Waals surface area contributed by atoms with Crippen molar-refractivity contribution in [1.82, 2.24) is 0 Å². The first-order valence-electron chi connectivity index (χ1n) is 7.50. The Labute approximate surface area is 172 Å². The molecule has 0 N–H and O–H groups in total. The third kappa shape index (κ3) is 4.17. The summed E-state index contributed by atoms with van der Waals surface area (Å²) in [4.78, 5) is 0. The van der Waals surface area contributed by atoms with E-state index in [1.807, 2.05) is 0 Å². The summed E-state index contributed by atoms with van der Waals surface area (Å²) in [7, 11) is 0. The van der Waals surface area contributed by atoms with E-state index in [0.717, 1.165) is 0 Å². The molecule has 0 saturated carbocycles. The van der Waals surface area contributed by atoms with E-state index in [1.54, 1.807) is 0 Å². The molecular formula is C20H30Ba. The molecular weight excluding hydrogens is 378 g/mol. The van der Waals surface area contributed by atoms with Crippen molar-refractivity contribution in [2.75, 3.05) is 0 Å². The Morgan fingerprint density at radius 3 is 0.619 bits per heavy atom. The van der Waals surface area contributed by atoms with Crippen LogP contribution in [0.1, 0.15) is 55.6 Å².